The van der Waals surface area contributed by atoms with Crippen molar-refractivity contribution >= 4 is 29.2 Å². The number of rotatable bonds is 5. The number of carboxylic acids is 1. The van der Waals surface area contributed by atoms with Gasteiger partial charge >= 0.3 is 12.1 Å². The van der Waals surface area contributed by atoms with Crippen LogP contribution in [0.25, 0.3) is 5.69 Å². The first kappa shape index (κ1) is 24.3. The molecule has 1 aromatic heterocycles. The van der Waals surface area contributed by atoms with E-state index in [1.165, 1.54) is 24.8 Å². The maximum Gasteiger partial charge on any atom is 0.490 e. The van der Waals surface area contributed by atoms with Crippen molar-refractivity contribution in [3.8, 4) is 5.69 Å². The highest BCUT2D eigenvalue weighted by molar-refractivity contribution is 6.37. The van der Waals surface area contributed by atoms with E-state index in [0.717, 1.165) is 17.8 Å². The van der Waals surface area contributed by atoms with Gasteiger partial charge in [-0.05, 0) is 56.2 Å². The van der Waals surface area contributed by atoms with Crippen LogP contribution in [0.5, 0.6) is 0 Å². The minimum Gasteiger partial charge on any atom is -0.475 e. The molecule has 3 fully saturated rings. The zero-order chi connectivity index (χ0) is 23.9. The average molecular weight is 506 g/mol. The number of nitrogens with one attached hydrogen (secondary N) is 1. The van der Waals surface area contributed by atoms with Gasteiger partial charge in [0.2, 0.25) is 0 Å². The summed E-state index contributed by atoms with van der Waals surface area (Å²) in [5.74, 6) is -1.54. The van der Waals surface area contributed by atoms with Crippen LogP contribution in [0.3, 0.4) is 0 Å². The number of hydrogen-bond acceptors (Lipinski definition) is 4. The van der Waals surface area contributed by atoms with E-state index in [9.17, 15) is 13.2 Å². The summed E-state index contributed by atoms with van der Waals surface area (Å²) in [7, 11) is 0. The van der Waals surface area contributed by atoms with Gasteiger partial charge in [0.1, 0.15) is 5.69 Å². The number of carbonyl (C=O) groups is 1. The van der Waals surface area contributed by atoms with E-state index in [1.807, 2.05) is 29.1 Å². The molecule has 2 heterocycles. The number of halogens is 5. The molecular formula is C22H24Cl2F3N3O3. The monoisotopic (exact) mass is 505 g/mol. The highest BCUT2D eigenvalue weighted by Crippen LogP contribution is 2.44. The molecule has 2 aromatic rings. The van der Waals surface area contributed by atoms with Crippen LogP contribution in [0.4, 0.5) is 13.2 Å². The van der Waals surface area contributed by atoms with Crippen LogP contribution < -0.4 is 5.32 Å². The highest BCUT2D eigenvalue weighted by Gasteiger charge is 2.45. The molecule has 33 heavy (non-hydrogen) atoms. The van der Waals surface area contributed by atoms with E-state index in [2.05, 4.69) is 17.3 Å². The first-order chi connectivity index (χ1) is 15.6. The Morgan fingerprint density at radius 3 is 2.42 bits per heavy atom. The lowest BCUT2D eigenvalue weighted by Gasteiger charge is -2.28. The summed E-state index contributed by atoms with van der Waals surface area (Å²) in [4.78, 5) is 8.90. The summed E-state index contributed by atoms with van der Waals surface area (Å²) in [5.41, 5.74) is 3.14. The normalized spacial score (nSPS) is 26.2. The van der Waals surface area contributed by atoms with Gasteiger partial charge in [-0.2, -0.15) is 18.3 Å². The third-order valence-electron chi connectivity index (χ3n) is 6.44. The fraction of sp³-hybridized carbons (Fsp3) is 0.545. The number of nitrogens with zero attached hydrogens (tertiary/aromatic N) is 2. The summed E-state index contributed by atoms with van der Waals surface area (Å²) in [6.45, 7) is 2.83. The number of aromatic nitrogens is 2. The molecule has 2 aliphatic carbocycles. The summed E-state index contributed by atoms with van der Waals surface area (Å²) in [5, 5.41) is 16.6. The quantitative estimate of drug-likeness (QED) is 0.573. The van der Waals surface area contributed by atoms with Gasteiger partial charge in [-0.1, -0.05) is 29.3 Å². The van der Waals surface area contributed by atoms with Crippen molar-refractivity contribution < 1.29 is 27.8 Å². The number of para-hydroxylation sites is 1. The number of hydrogen-bond donors (Lipinski definition) is 2. The van der Waals surface area contributed by atoms with Crippen LogP contribution in [-0.4, -0.2) is 45.2 Å². The number of aliphatic carboxylic acids is 1. The van der Waals surface area contributed by atoms with Gasteiger partial charge in [-0.15, -0.1) is 0 Å². The summed E-state index contributed by atoms with van der Waals surface area (Å²) >= 11 is 12.9. The summed E-state index contributed by atoms with van der Waals surface area (Å²) < 4.78 is 40.1. The molecule has 0 spiro atoms. The minimum atomic E-state index is -5.08. The van der Waals surface area contributed by atoms with Crippen molar-refractivity contribution in [1.29, 1.82) is 0 Å². The molecule has 0 unspecified atom stereocenters. The van der Waals surface area contributed by atoms with Gasteiger partial charge in [-0.3, -0.25) is 0 Å². The smallest absolute Gasteiger partial charge is 0.475 e. The molecule has 6 nitrogen and oxygen atoms in total. The molecule has 0 amide bonds. The van der Waals surface area contributed by atoms with Crippen LogP contribution in [0.15, 0.2) is 24.4 Å². The lowest BCUT2D eigenvalue weighted by Crippen LogP contribution is -2.41. The van der Waals surface area contributed by atoms with Crippen LogP contribution in [0, 0.1) is 5.92 Å². The predicted molar refractivity (Wildman–Crippen MR) is 117 cm³/mol. The minimum absolute atomic E-state index is 0.327. The zero-order valence-electron chi connectivity index (χ0n) is 17.8. The van der Waals surface area contributed by atoms with Gasteiger partial charge < -0.3 is 15.2 Å². The summed E-state index contributed by atoms with van der Waals surface area (Å²) in [6, 6.07) is 6.74. The maximum atomic E-state index is 10.6. The third kappa shape index (κ3) is 5.31. The Morgan fingerprint density at radius 2 is 1.91 bits per heavy atom. The van der Waals surface area contributed by atoms with Crippen LogP contribution in [0.2, 0.25) is 10.0 Å². The second kappa shape index (κ2) is 9.44. The molecule has 1 aliphatic heterocycles. The van der Waals surface area contributed by atoms with Gasteiger partial charge in [0.05, 0.1) is 34.6 Å². The van der Waals surface area contributed by atoms with Crippen molar-refractivity contribution in [2.45, 2.75) is 69.5 Å². The van der Waals surface area contributed by atoms with Crippen LogP contribution in [0.1, 0.15) is 49.8 Å². The first-order valence-corrected chi connectivity index (χ1v) is 11.5. The molecule has 1 aromatic carbocycles. The fourth-order valence-electron chi connectivity index (χ4n) is 4.72. The highest BCUT2D eigenvalue weighted by atomic mass is 35.5. The lowest BCUT2D eigenvalue weighted by atomic mass is 9.99. The van der Waals surface area contributed by atoms with Crippen molar-refractivity contribution in [1.82, 2.24) is 15.1 Å². The molecule has 4 atom stereocenters. The Kier molecular flexibility index (Phi) is 6.96. The molecule has 5 rings (SSSR count). The fourth-order valence-corrected chi connectivity index (χ4v) is 5.27. The van der Waals surface area contributed by atoms with E-state index < -0.39 is 12.1 Å². The van der Waals surface area contributed by atoms with Gasteiger partial charge in [-0.25, -0.2) is 9.48 Å². The second-order valence-electron chi connectivity index (χ2n) is 8.74. The Bertz CT molecular complexity index is 1010. The Balaban J connectivity index is 0.000000325. The Labute approximate surface area is 199 Å². The number of carboxylic acid groups (broad SMARTS) is 1. The van der Waals surface area contributed by atoms with Crippen LogP contribution in [-0.2, 0) is 16.1 Å². The number of ether oxygens (including phenoxy) is 1. The Morgan fingerprint density at radius 1 is 1.27 bits per heavy atom. The van der Waals surface area contributed by atoms with Crippen molar-refractivity contribution in [3.05, 3.63) is 45.7 Å². The van der Waals surface area contributed by atoms with E-state index in [-0.39, 0.29) is 0 Å². The summed E-state index contributed by atoms with van der Waals surface area (Å²) in [6.07, 6.45) is 2.01. The molecule has 3 aliphatic rings. The molecular weight excluding hydrogens is 482 g/mol. The second-order valence-corrected chi connectivity index (χ2v) is 9.56. The average Bonchev–Trinajstić information content (AvgIpc) is 3.21. The van der Waals surface area contributed by atoms with E-state index in [1.54, 1.807) is 0 Å². The predicted octanol–water partition coefficient (Wildman–Crippen LogP) is 5.35. The van der Waals surface area contributed by atoms with E-state index in [4.69, 9.17) is 37.8 Å². The van der Waals surface area contributed by atoms with E-state index in [0.29, 0.717) is 46.7 Å². The van der Waals surface area contributed by atoms with Crippen LogP contribution >= 0.6 is 23.2 Å². The lowest BCUT2D eigenvalue weighted by molar-refractivity contribution is -0.192. The molecule has 2 N–H and O–H groups in total. The zero-order valence-corrected chi connectivity index (χ0v) is 19.3. The molecule has 11 heteroatoms. The molecule has 1 saturated heterocycles. The third-order valence-corrected chi connectivity index (χ3v) is 7.05. The number of fused-ring (bicyclic) bond motifs is 2. The largest absolute Gasteiger partial charge is 0.490 e. The van der Waals surface area contributed by atoms with Crippen molar-refractivity contribution in [2.24, 2.45) is 5.92 Å². The maximum absolute atomic E-state index is 10.6. The molecule has 2 saturated carbocycles. The number of alkyl halides is 3. The van der Waals surface area contributed by atoms with Gasteiger partial charge in [0.25, 0.3) is 0 Å². The molecule has 0 radical (unpaired) electrons. The topological polar surface area (TPSA) is 76.4 Å². The number of piperidine rings is 1. The number of benzene rings is 1. The van der Waals surface area contributed by atoms with Gasteiger partial charge in [0, 0.05) is 18.0 Å². The first-order valence-electron chi connectivity index (χ1n) is 10.7. The molecule has 2 bridgehead atoms. The van der Waals surface area contributed by atoms with Crippen molar-refractivity contribution in [2.75, 3.05) is 0 Å². The molecule has 180 valence electrons. The SMILES string of the molecule is C[C@H]1N[C@H]2C[C@@H]1[C@H](OCc1c(C3CC3)cnn1-c1c(Cl)cccc1Cl)C2.O=C(O)C(F)(F)F. The standard InChI is InChI=1S/C20H23Cl2N3O.C2HF3O2/c1-11-14-7-13(24-11)8-19(14)26-10-18-15(12-5-6-12)9-23-25(18)20-16(21)3-2-4-17(20)22;3-2(4,5)1(6)7/h2-4,9,11-14,19,24H,5-8,10H2,1H3;(H,6,7)/t11-,13+,14+,19-;/m1./s1. The Hall–Kier alpha value is -1.81. The van der Waals surface area contributed by atoms with Crippen molar-refractivity contribution in [3.63, 3.8) is 0 Å². The van der Waals surface area contributed by atoms with E-state index >= 15 is 0 Å². The van der Waals surface area contributed by atoms with Gasteiger partial charge in [0.15, 0.2) is 0 Å².